The van der Waals surface area contributed by atoms with Crippen LogP contribution in [0.4, 0.5) is 5.69 Å². The summed E-state index contributed by atoms with van der Waals surface area (Å²) < 4.78 is 0. The third kappa shape index (κ3) is 2.86. The van der Waals surface area contributed by atoms with Crippen LogP contribution >= 0.6 is 0 Å². The smallest absolute Gasteiger partial charge is 0.255 e. The van der Waals surface area contributed by atoms with Gasteiger partial charge < -0.3 is 10.6 Å². The molecule has 0 unspecified atom stereocenters. The Morgan fingerprint density at radius 1 is 0.864 bits per heavy atom. The minimum Gasteiger partial charge on any atom is -0.355 e. The van der Waals surface area contributed by atoms with Crippen LogP contribution in [0.3, 0.4) is 0 Å². The molecular formula is C18H18N2O2. The fourth-order valence-electron chi connectivity index (χ4n) is 2.77. The number of rotatable bonds is 3. The van der Waals surface area contributed by atoms with E-state index < -0.39 is 0 Å². The lowest BCUT2D eigenvalue weighted by atomic mass is 10.1. The van der Waals surface area contributed by atoms with Crippen molar-refractivity contribution in [2.45, 2.75) is 19.3 Å². The second-order valence-electron chi connectivity index (χ2n) is 5.45. The Bertz CT molecular complexity index is 720. The summed E-state index contributed by atoms with van der Waals surface area (Å²) in [5.74, 6) is -0.265. The molecule has 4 nitrogen and oxygen atoms in total. The van der Waals surface area contributed by atoms with Gasteiger partial charge in [0.1, 0.15) is 0 Å². The van der Waals surface area contributed by atoms with Crippen molar-refractivity contribution in [1.82, 2.24) is 5.32 Å². The molecule has 0 aromatic heterocycles. The molecule has 0 bridgehead atoms. The lowest BCUT2D eigenvalue weighted by molar-refractivity contribution is 0.0962. The van der Waals surface area contributed by atoms with Crippen molar-refractivity contribution in [1.29, 1.82) is 0 Å². The molecule has 22 heavy (non-hydrogen) atoms. The van der Waals surface area contributed by atoms with Crippen molar-refractivity contribution >= 4 is 17.5 Å². The molecule has 2 N–H and O–H groups in total. The summed E-state index contributed by atoms with van der Waals surface area (Å²) in [4.78, 5) is 23.8. The third-order valence-electron chi connectivity index (χ3n) is 3.99. The molecule has 2 amide bonds. The Hall–Kier alpha value is -2.62. The second-order valence-corrected chi connectivity index (χ2v) is 5.45. The van der Waals surface area contributed by atoms with E-state index in [9.17, 15) is 9.59 Å². The van der Waals surface area contributed by atoms with Gasteiger partial charge in [-0.2, -0.15) is 0 Å². The molecule has 4 heteroatoms. The van der Waals surface area contributed by atoms with Crippen LogP contribution < -0.4 is 10.6 Å². The molecule has 0 heterocycles. The molecular weight excluding hydrogens is 276 g/mol. The first-order valence-electron chi connectivity index (χ1n) is 7.42. The molecule has 0 saturated carbocycles. The normalized spacial score (nSPS) is 12.6. The Morgan fingerprint density at radius 2 is 1.55 bits per heavy atom. The highest BCUT2D eigenvalue weighted by molar-refractivity contribution is 6.04. The number of carbonyl (C=O) groups excluding carboxylic acids is 2. The van der Waals surface area contributed by atoms with Gasteiger partial charge in [0, 0.05) is 23.9 Å². The average molecular weight is 294 g/mol. The number of aryl methyl sites for hydroxylation is 2. The number of nitrogens with one attached hydrogen (secondary N) is 2. The molecule has 0 aliphatic heterocycles. The summed E-state index contributed by atoms with van der Waals surface area (Å²) in [6, 6.07) is 12.8. The van der Waals surface area contributed by atoms with Crippen molar-refractivity contribution in [3.63, 3.8) is 0 Å². The number of hydrogen-bond acceptors (Lipinski definition) is 2. The summed E-state index contributed by atoms with van der Waals surface area (Å²) in [6.45, 7) is 0. The van der Waals surface area contributed by atoms with Crippen LogP contribution in [-0.4, -0.2) is 18.9 Å². The van der Waals surface area contributed by atoms with E-state index in [0.717, 1.165) is 12.8 Å². The first-order valence-corrected chi connectivity index (χ1v) is 7.42. The van der Waals surface area contributed by atoms with E-state index >= 15 is 0 Å². The van der Waals surface area contributed by atoms with Gasteiger partial charge in [0.25, 0.3) is 11.8 Å². The van der Waals surface area contributed by atoms with Gasteiger partial charge in [-0.25, -0.2) is 0 Å². The fourth-order valence-corrected chi connectivity index (χ4v) is 2.77. The highest BCUT2D eigenvalue weighted by Gasteiger charge is 2.14. The van der Waals surface area contributed by atoms with Gasteiger partial charge in [0.2, 0.25) is 0 Å². The second kappa shape index (κ2) is 6.02. The molecule has 3 rings (SSSR count). The van der Waals surface area contributed by atoms with E-state index in [1.165, 1.54) is 17.5 Å². The molecule has 0 spiro atoms. The topological polar surface area (TPSA) is 58.2 Å². The first-order chi connectivity index (χ1) is 10.7. The molecule has 1 aliphatic rings. The fraction of sp³-hybridized carbons (Fsp3) is 0.222. The lowest BCUT2D eigenvalue weighted by Crippen LogP contribution is -2.18. The van der Waals surface area contributed by atoms with Gasteiger partial charge in [0.15, 0.2) is 0 Å². The van der Waals surface area contributed by atoms with Crippen molar-refractivity contribution in [2.75, 3.05) is 12.4 Å². The van der Waals surface area contributed by atoms with E-state index in [1.54, 1.807) is 31.3 Å². The summed E-state index contributed by atoms with van der Waals surface area (Å²) in [5, 5.41) is 5.43. The van der Waals surface area contributed by atoms with Gasteiger partial charge in [-0.05, 0) is 66.8 Å². The predicted octanol–water partition coefficient (Wildman–Crippen LogP) is 2.79. The SMILES string of the molecule is CNC(=O)c1ccc(NC(=O)c2ccc3c(c2)CCC3)cc1. The van der Waals surface area contributed by atoms with Crippen LogP contribution in [0.5, 0.6) is 0 Å². The molecule has 2 aromatic carbocycles. The zero-order valence-corrected chi connectivity index (χ0v) is 12.5. The van der Waals surface area contributed by atoms with Gasteiger partial charge in [0.05, 0.1) is 0 Å². The van der Waals surface area contributed by atoms with Crippen molar-refractivity contribution in [2.24, 2.45) is 0 Å². The van der Waals surface area contributed by atoms with Gasteiger partial charge in [-0.3, -0.25) is 9.59 Å². The summed E-state index contributed by atoms with van der Waals surface area (Å²) in [5.41, 5.74) is 4.56. The van der Waals surface area contributed by atoms with Crippen molar-refractivity contribution < 1.29 is 9.59 Å². The average Bonchev–Trinajstić information content (AvgIpc) is 3.02. The van der Waals surface area contributed by atoms with Crippen LogP contribution in [0.2, 0.25) is 0 Å². The van der Waals surface area contributed by atoms with Crippen LogP contribution in [0.25, 0.3) is 0 Å². The van der Waals surface area contributed by atoms with Crippen LogP contribution in [0.1, 0.15) is 38.3 Å². The van der Waals surface area contributed by atoms with Gasteiger partial charge >= 0.3 is 0 Å². The zero-order chi connectivity index (χ0) is 15.5. The quantitative estimate of drug-likeness (QED) is 0.914. The maximum Gasteiger partial charge on any atom is 0.255 e. The van der Waals surface area contributed by atoms with Gasteiger partial charge in [-0.15, -0.1) is 0 Å². The summed E-state index contributed by atoms with van der Waals surface area (Å²) in [7, 11) is 1.59. The standard InChI is InChI=1S/C18H18N2O2/c1-19-17(21)13-7-9-16(10-8-13)20-18(22)15-6-5-12-3-2-4-14(12)11-15/h5-11H,2-4H2,1H3,(H,19,21)(H,20,22). The Morgan fingerprint density at radius 3 is 2.27 bits per heavy atom. The third-order valence-corrected chi connectivity index (χ3v) is 3.99. The molecule has 0 radical (unpaired) electrons. The van der Waals surface area contributed by atoms with E-state index in [1.807, 2.05) is 18.2 Å². The number of carbonyl (C=O) groups is 2. The van der Waals surface area contributed by atoms with Crippen LogP contribution in [-0.2, 0) is 12.8 Å². The highest BCUT2D eigenvalue weighted by Crippen LogP contribution is 2.23. The molecule has 2 aromatic rings. The monoisotopic (exact) mass is 294 g/mol. The largest absolute Gasteiger partial charge is 0.355 e. The van der Waals surface area contributed by atoms with Crippen molar-refractivity contribution in [3.8, 4) is 0 Å². The molecule has 0 fully saturated rings. The maximum atomic E-state index is 12.3. The number of amides is 2. The predicted molar refractivity (Wildman–Crippen MR) is 86.3 cm³/mol. The summed E-state index contributed by atoms with van der Waals surface area (Å²) in [6.07, 6.45) is 3.33. The number of fused-ring (bicyclic) bond motifs is 1. The summed E-state index contributed by atoms with van der Waals surface area (Å²) >= 11 is 0. The van der Waals surface area contributed by atoms with E-state index in [4.69, 9.17) is 0 Å². The number of anilines is 1. The number of hydrogen-bond donors (Lipinski definition) is 2. The van der Waals surface area contributed by atoms with Crippen LogP contribution in [0, 0.1) is 0 Å². The minimum atomic E-state index is -0.142. The lowest BCUT2D eigenvalue weighted by Gasteiger charge is -2.08. The Labute approximate surface area is 129 Å². The Kier molecular flexibility index (Phi) is 3.92. The van der Waals surface area contributed by atoms with E-state index in [-0.39, 0.29) is 11.8 Å². The molecule has 112 valence electrons. The zero-order valence-electron chi connectivity index (χ0n) is 12.5. The first kappa shape index (κ1) is 14.3. The Balaban J connectivity index is 1.72. The number of benzene rings is 2. The molecule has 0 atom stereocenters. The minimum absolute atomic E-state index is 0.123. The maximum absolute atomic E-state index is 12.3. The highest BCUT2D eigenvalue weighted by atomic mass is 16.2. The van der Waals surface area contributed by atoms with E-state index in [0.29, 0.717) is 16.8 Å². The molecule has 0 saturated heterocycles. The van der Waals surface area contributed by atoms with E-state index in [2.05, 4.69) is 10.6 Å². The van der Waals surface area contributed by atoms with Gasteiger partial charge in [-0.1, -0.05) is 6.07 Å². The molecule has 1 aliphatic carbocycles. The van der Waals surface area contributed by atoms with Crippen molar-refractivity contribution in [3.05, 3.63) is 64.7 Å². The van der Waals surface area contributed by atoms with Crippen LogP contribution in [0.15, 0.2) is 42.5 Å².